The first-order valence-electron chi connectivity index (χ1n) is 9.00. The van der Waals surface area contributed by atoms with Crippen LogP contribution in [0.25, 0.3) is 6.08 Å². The van der Waals surface area contributed by atoms with Gasteiger partial charge in [-0.1, -0.05) is 29.8 Å². The van der Waals surface area contributed by atoms with E-state index in [0.717, 1.165) is 43.5 Å². The summed E-state index contributed by atoms with van der Waals surface area (Å²) in [5.41, 5.74) is 3.42. The number of aryl methyl sites for hydroxylation is 1. The Morgan fingerprint density at radius 1 is 1.31 bits per heavy atom. The van der Waals surface area contributed by atoms with Gasteiger partial charge in [0, 0.05) is 31.4 Å². The van der Waals surface area contributed by atoms with Crippen molar-refractivity contribution < 1.29 is 9.90 Å². The maximum absolute atomic E-state index is 10.6. The van der Waals surface area contributed by atoms with Crippen LogP contribution in [0.2, 0.25) is 0 Å². The molecule has 0 radical (unpaired) electrons. The SMILES string of the molecule is Cc1ccc(CN2CCC[C@@H](Nc3ccc(C=CC(=O)O)cn3)C2)cc1. The molecule has 5 nitrogen and oxygen atoms in total. The first kappa shape index (κ1) is 18.1. The number of anilines is 1. The van der Waals surface area contributed by atoms with Crippen LogP contribution in [0.1, 0.15) is 29.5 Å². The number of nitrogens with one attached hydrogen (secondary N) is 1. The molecule has 1 aliphatic heterocycles. The second-order valence-electron chi connectivity index (χ2n) is 6.85. The number of hydrogen-bond acceptors (Lipinski definition) is 4. The zero-order valence-corrected chi connectivity index (χ0v) is 15.1. The van der Waals surface area contributed by atoms with Crippen LogP contribution in [0.3, 0.4) is 0 Å². The number of carboxylic acid groups (broad SMARTS) is 1. The van der Waals surface area contributed by atoms with Crippen molar-refractivity contribution in [3.8, 4) is 0 Å². The zero-order valence-electron chi connectivity index (χ0n) is 15.1. The summed E-state index contributed by atoms with van der Waals surface area (Å²) >= 11 is 0. The molecule has 2 aromatic rings. The van der Waals surface area contributed by atoms with E-state index in [-0.39, 0.29) is 0 Å². The number of aliphatic carboxylic acids is 1. The average Bonchev–Trinajstić information content (AvgIpc) is 2.63. The van der Waals surface area contributed by atoms with Crippen LogP contribution in [-0.2, 0) is 11.3 Å². The molecule has 3 rings (SSSR count). The molecule has 1 atom stereocenters. The highest BCUT2D eigenvalue weighted by molar-refractivity contribution is 5.85. The minimum absolute atomic E-state index is 0.377. The molecule has 0 amide bonds. The van der Waals surface area contributed by atoms with Crippen LogP contribution in [0.5, 0.6) is 0 Å². The van der Waals surface area contributed by atoms with Gasteiger partial charge in [-0.15, -0.1) is 0 Å². The number of hydrogen-bond donors (Lipinski definition) is 2. The Morgan fingerprint density at radius 2 is 2.12 bits per heavy atom. The van der Waals surface area contributed by atoms with Gasteiger partial charge in [-0.05, 0) is 55.6 Å². The normalized spacial score (nSPS) is 18.1. The second kappa shape index (κ2) is 8.63. The Hall–Kier alpha value is -2.66. The maximum Gasteiger partial charge on any atom is 0.328 e. The van der Waals surface area contributed by atoms with Crippen molar-refractivity contribution in [2.24, 2.45) is 0 Å². The molecule has 26 heavy (non-hydrogen) atoms. The highest BCUT2D eigenvalue weighted by atomic mass is 16.4. The monoisotopic (exact) mass is 351 g/mol. The van der Waals surface area contributed by atoms with E-state index in [2.05, 4.69) is 46.4 Å². The molecule has 2 heterocycles. The van der Waals surface area contributed by atoms with Crippen molar-refractivity contribution in [3.05, 3.63) is 65.4 Å². The van der Waals surface area contributed by atoms with E-state index in [1.54, 1.807) is 12.3 Å². The van der Waals surface area contributed by atoms with E-state index in [0.29, 0.717) is 6.04 Å². The third-order valence-electron chi connectivity index (χ3n) is 4.59. The lowest BCUT2D eigenvalue weighted by molar-refractivity contribution is -0.131. The van der Waals surface area contributed by atoms with Crippen LogP contribution in [0, 0.1) is 6.92 Å². The molecule has 1 aliphatic rings. The highest BCUT2D eigenvalue weighted by Gasteiger charge is 2.20. The van der Waals surface area contributed by atoms with Crippen molar-refractivity contribution in [2.75, 3.05) is 18.4 Å². The van der Waals surface area contributed by atoms with Gasteiger partial charge in [0.1, 0.15) is 5.82 Å². The van der Waals surface area contributed by atoms with E-state index in [9.17, 15) is 4.79 Å². The highest BCUT2D eigenvalue weighted by Crippen LogP contribution is 2.17. The largest absolute Gasteiger partial charge is 0.478 e. The molecule has 1 saturated heterocycles. The number of benzene rings is 1. The van der Waals surface area contributed by atoms with Crippen LogP contribution in [0.15, 0.2) is 48.7 Å². The lowest BCUT2D eigenvalue weighted by Gasteiger charge is -2.33. The third-order valence-corrected chi connectivity index (χ3v) is 4.59. The molecular weight excluding hydrogens is 326 g/mol. The quantitative estimate of drug-likeness (QED) is 0.779. The minimum atomic E-state index is -0.955. The van der Waals surface area contributed by atoms with Gasteiger partial charge in [0.25, 0.3) is 0 Å². The number of nitrogens with zero attached hydrogens (tertiary/aromatic N) is 2. The van der Waals surface area contributed by atoms with E-state index in [1.165, 1.54) is 17.5 Å². The van der Waals surface area contributed by atoms with Gasteiger partial charge >= 0.3 is 5.97 Å². The smallest absolute Gasteiger partial charge is 0.328 e. The first-order valence-corrected chi connectivity index (χ1v) is 9.00. The van der Waals surface area contributed by atoms with Gasteiger partial charge in [0.15, 0.2) is 0 Å². The summed E-state index contributed by atoms with van der Waals surface area (Å²) in [4.78, 5) is 17.4. The summed E-state index contributed by atoms with van der Waals surface area (Å²) in [6.45, 7) is 5.21. The standard InChI is InChI=1S/C21H25N3O2/c1-16-4-6-18(7-5-16)14-24-12-2-3-19(15-24)23-20-10-8-17(13-22-20)9-11-21(25)26/h4-11,13,19H,2-3,12,14-15H2,1H3,(H,22,23)(H,25,26)/t19-/m1/s1. The first-order chi connectivity index (χ1) is 12.6. The average molecular weight is 351 g/mol. The summed E-state index contributed by atoms with van der Waals surface area (Å²) in [6.07, 6.45) is 6.65. The molecule has 1 fully saturated rings. The maximum atomic E-state index is 10.6. The molecular formula is C21H25N3O2. The number of rotatable bonds is 6. The number of carbonyl (C=O) groups is 1. The van der Waals surface area contributed by atoms with Crippen LogP contribution >= 0.6 is 0 Å². The van der Waals surface area contributed by atoms with Crippen molar-refractivity contribution in [1.29, 1.82) is 0 Å². The number of pyridine rings is 1. The van der Waals surface area contributed by atoms with Gasteiger partial charge < -0.3 is 10.4 Å². The van der Waals surface area contributed by atoms with E-state index < -0.39 is 5.97 Å². The summed E-state index contributed by atoms with van der Waals surface area (Å²) < 4.78 is 0. The van der Waals surface area contributed by atoms with Gasteiger partial charge in [0.2, 0.25) is 0 Å². The molecule has 1 aromatic carbocycles. The summed E-state index contributed by atoms with van der Waals surface area (Å²) in [6, 6.07) is 12.9. The summed E-state index contributed by atoms with van der Waals surface area (Å²) in [5.74, 6) is -0.122. The van der Waals surface area contributed by atoms with Crippen molar-refractivity contribution in [3.63, 3.8) is 0 Å². The van der Waals surface area contributed by atoms with Crippen molar-refractivity contribution in [2.45, 2.75) is 32.4 Å². The molecule has 5 heteroatoms. The molecule has 136 valence electrons. The Labute approximate surface area is 154 Å². The number of carboxylic acids is 1. The number of likely N-dealkylation sites (tertiary alicyclic amines) is 1. The van der Waals surface area contributed by atoms with E-state index >= 15 is 0 Å². The van der Waals surface area contributed by atoms with Gasteiger partial charge in [-0.3, -0.25) is 4.90 Å². The molecule has 2 N–H and O–H groups in total. The Balaban J connectivity index is 1.54. The topological polar surface area (TPSA) is 65.5 Å². The fourth-order valence-corrected chi connectivity index (χ4v) is 3.23. The number of piperidine rings is 1. The van der Waals surface area contributed by atoms with Crippen LogP contribution in [0.4, 0.5) is 5.82 Å². The van der Waals surface area contributed by atoms with Crippen LogP contribution < -0.4 is 5.32 Å². The fourth-order valence-electron chi connectivity index (χ4n) is 3.23. The molecule has 0 bridgehead atoms. The lowest BCUT2D eigenvalue weighted by Crippen LogP contribution is -2.41. The molecule has 0 aliphatic carbocycles. The summed E-state index contributed by atoms with van der Waals surface area (Å²) in [5, 5.41) is 12.2. The predicted octanol–water partition coefficient (Wildman–Crippen LogP) is 3.56. The second-order valence-corrected chi connectivity index (χ2v) is 6.85. The Morgan fingerprint density at radius 3 is 2.81 bits per heavy atom. The molecule has 0 saturated carbocycles. The molecule has 0 spiro atoms. The van der Waals surface area contributed by atoms with Crippen molar-refractivity contribution in [1.82, 2.24) is 9.88 Å². The van der Waals surface area contributed by atoms with Crippen molar-refractivity contribution >= 4 is 17.9 Å². The molecule has 0 unspecified atom stereocenters. The van der Waals surface area contributed by atoms with Gasteiger partial charge in [-0.2, -0.15) is 0 Å². The van der Waals surface area contributed by atoms with E-state index in [4.69, 9.17) is 5.11 Å². The van der Waals surface area contributed by atoms with Crippen LogP contribution in [-0.4, -0.2) is 40.1 Å². The zero-order chi connectivity index (χ0) is 18.4. The number of aromatic nitrogens is 1. The van der Waals surface area contributed by atoms with E-state index in [1.807, 2.05) is 12.1 Å². The van der Waals surface area contributed by atoms with Gasteiger partial charge in [0.05, 0.1) is 0 Å². The molecule has 1 aromatic heterocycles. The Kier molecular flexibility index (Phi) is 6.02. The fraction of sp³-hybridized carbons (Fsp3) is 0.333. The third kappa shape index (κ3) is 5.43. The Bertz CT molecular complexity index is 754. The predicted molar refractivity (Wildman–Crippen MR) is 104 cm³/mol. The minimum Gasteiger partial charge on any atom is -0.478 e. The lowest BCUT2D eigenvalue weighted by atomic mass is 10.0. The summed E-state index contributed by atoms with van der Waals surface area (Å²) in [7, 11) is 0. The van der Waals surface area contributed by atoms with Gasteiger partial charge in [-0.25, -0.2) is 9.78 Å².